The lowest BCUT2D eigenvalue weighted by Crippen LogP contribution is -2.10. The van der Waals surface area contributed by atoms with Gasteiger partial charge in [-0.15, -0.1) is 6.58 Å². The number of hydrogen-bond acceptors (Lipinski definition) is 0. The third-order valence-corrected chi connectivity index (χ3v) is 3.76. The van der Waals surface area contributed by atoms with E-state index >= 15 is 0 Å². The van der Waals surface area contributed by atoms with Crippen molar-refractivity contribution in [3.63, 3.8) is 0 Å². The minimum absolute atomic E-state index is 0.788. The maximum atomic E-state index is 3.93. The molecule has 62 valence electrons. The van der Waals surface area contributed by atoms with Crippen molar-refractivity contribution in [1.29, 1.82) is 0 Å². The maximum Gasteiger partial charge on any atom is -0.00934 e. The molecule has 3 unspecified atom stereocenters. The van der Waals surface area contributed by atoms with Crippen LogP contribution in [0.25, 0.3) is 0 Å². The van der Waals surface area contributed by atoms with Crippen LogP contribution in [0.1, 0.15) is 19.3 Å². The molecular weight excluding hydrogens is 144 g/mol. The second kappa shape index (κ2) is 2.12. The molecule has 0 radical (unpaired) electrons. The zero-order valence-electron chi connectivity index (χ0n) is 7.29. The van der Waals surface area contributed by atoms with E-state index in [4.69, 9.17) is 0 Å². The molecule has 2 bridgehead atoms. The zero-order chi connectivity index (χ0) is 8.13. The Morgan fingerprint density at radius 3 is 2.92 bits per heavy atom. The van der Waals surface area contributed by atoms with Gasteiger partial charge in [0.25, 0.3) is 0 Å². The third kappa shape index (κ3) is 0.639. The molecule has 3 atom stereocenters. The van der Waals surface area contributed by atoms with E-state index in [2.05, 4.69) is 24.8 Å². The Bertz CT molecular complexity index is 291. The average Bonchev–Trinajstić information content (AvgIpc) is 2.75. The predicted octanol–water partition coefficient (Wildman–Crippen LogP) is 3.08. The first kappa shape index (κ1) is 6.71. The topological polar surface area (TPSA) is 0 Å². The second-order valence-electron chi connectivity index (χ2n) is 4.23. The Balaban J connectivity index is 2.03. The summed E-state index contributed by atoms with van der Waals surface area (Å²) in [5, 5.41) is 0. The summed E-state index contributed by atoms with van der Waals surface area (Å²) in [5.74, 6) is 2.53. The van der Waals surface area contributed by atoms with Gasteiger partial charge in [0, 0.05) is 0 Å². The van der Waals surface area contributed by atoms with Crippen molar-refractivity contribution in [2.24, 2.45) is 17.8 Å². The highest BCUT2D eigenvalue weighted by Gasteiger charge is 2.45. The van der Waals surface area contributed by atoms with Crippen LogP contribution in [-0.4, -0.2) is 0 Å². The summed E-state index contributed by atoms with van der Waals surface area (Å²) >= 11 is 0. The van der Waals surface area contributed by atoms with Gasteiger partial charge in [-0.05, 0) is 48.2 Å². The minimum Gasteiger partial charge on any atom is -0.103 e. The molecule has 3 aliphatic carbocycles. The molecule has 2 fully saturated rings. The van der Waals surface area contributed by atoms with Crippen molar-refractivity contribution in [2.75, 3.05) is 0 Å². The van der Waals surface area contributed by atoms with Crippen LogP contribution in [0.15, 0.2) is 36.0 Å². The van der Waals surface area contributed by atoms with Gasteiger partial charge in [0.05, 0.1) is 0 Å². The normalized spacial score (nSPS) is 42.5. The minimum atomic E-state index is 0.788. The Kier molecular flexibility index (Phi) is 1.19. The molecule has 0 N–H and O–H groups in total. The molecule has 0 aromatic heterocycles. The van der Waals surface area contributed by atoms with Crippen LogP contribution in [0, 0.1) is 17.8 Å². The summed E-state index contributed by atoms with van der Waals surface area (Å²) in [6.07, 6.45) is 11.0. The molecule has 0 aliphatic heterocycles. The number of rotatable bonds is 1. The number of hydrogen-bond donors (Lipinski definition) is 0. The van der Waals surface area contributed by atoms with E-state index in [1.165, 1.54) is 19.3 Å². The fraction of sp³-hybridized carbons (Fsp3) is 0.500. The molecule has 2 saturated carbocycles. The van der Waals surface area contributed by atoms with Crippen molar-refractivity contribution >= 4 is 0 Å². The first-order chi connectivity index (χ1) is 5.90. The van der Waals surface area contributed by atoms with E-state index in [0.29, 0.717) is 0 Å². The van der Waals surface area contributed by atoms with Crippen molar-refractivity contribution in [2.45, 2.75) is 19.3 Å². The largest absolute Gasteiger partial charge is 0.103 e. The molecule has 12 heavy (non-hydrogen) atoms. The fourth-order valence-corrected chi connectivity index (χ4v) is 3.26. The molecule has 0 aromatic rings. The van der Waals surface area contributed by atoms with Gasteiger partial charge in [0.2, 0.25) is 0 Å². The zero-order valence-corrected chi connectivity index (χ0v) is 7.29. The van der Waals surface area contributed by atoms with Crippen LogP contribution in [0.2, 0.25) is 0 Å². The maximum absolute atomic E-state index is 3.93. The molecule has 0 amide bonds. The van der Waals surface area contributed by atoms with Crippen molar-refractivity contribution in [1.82, 2.24) is 0 Å². The van der Waals surface area contributed by atoms with Gasteiger partial charge < -0.3 is 0 Å². The van der Waals surface area contributed by atoms with Crippen LogP contribution in [0.4, 0.5) is 0 Å². The van der Waals surface area contributed by atoms with Gasteiger partial charge in [-0.2, -0.15) is 0 Å². The van der Waals surface area contributed by atoms with Crippen LogP contribution >= 0.6 is 0 Å². The average molecular weight is 158 g/mol. The second-order valence-corrected chi connectivity index (χ2v) is 4.23. The molecular formula is C12H14. The van der Waals surface area contributed by atoms with Crippen LogP contribution < -0.4 is 0 Å². The van der Waals surface area contributed by atoms with E-state index in [1.807, 2.05) is 0 Å². The molecule has 0 heteroatoms. The Hall–Kier alpha value is -0.780. The molecule has 3 aliphatic rings. The highest BCUT2D eigenvalue weighted by molar-refractivity contribution is 5.47. The molecule has 0 nitrogen and oxygen atoms in total. The standard InChI is InChI=1S/C12H14/c1-2-8-6-9-7-12(8)11-5-3-4-10(9)11/h2,4-5,8-9,12H,1,3,6-7H2. The van der Waals surface area contributed by atoms with Gasteiger partial charge in [-0.3, -0.25) is 0 Å². The van der Waals surface area contributed by atoms with Gasteiger partial charge >= 0.3 is 0 Å². The Morgan fingerprint density at radius 2 is 2.08 bits per heavy atom. The number of fused-ring (bicyclic) bond motifs is 5. The Morgan fingerprint density at radius 1 is 1.25 bits per heavy atom. The highest BCUT2D eigenvalue weighted by Crippen LogP contribution is 2.56. The lowest BCUT2D eigenvalue weighted by Gasteiger charge is -2.21. The first-order valence-electron chi connectivity index (χ1n) is 4.93. The smallest absolute Gasteiger partial charge is 0.00934 e. The van der Waals surface area contributed by atoms with Crippen LogP contribution in [0.3, 0.4) is 0 Å². The van der Waals surface area contributed by atoms with E-state index in [1.54, 1.807) is 11.1 Å². The SMILES string of the molecule is C=CC1CC2CC1C1=CCC=C12. The summed E-state index contributed by atoms with van der Waals surface area (Å²) in [6.45, 7) is 3.93. The monoisotopic (exact) mass is 158 g/mol. The summed E-state index contributed by atoms with van der Waals surface area (Å²) < 4.78 is 0. The summed E-state index contributed by atoms with van der Waals surface area (Å²) in [5.41, 5.74) is 3.37. The van der Waals surface area contributed by atoms with Crippen molar-refractivity contribution < 1.29 is 0 Å². The molecule has 3 rings (SSSR count). The molecule has 0 spiro atoms. The van der Waals surface area contributed by atoms with Crippen molar-refractivity contribution in [3.8, 4) is 0 Å². The molecule has 0 saturated heterocycles. The van der Waals surface area contributed by atoms with Crippen LogP contribution in [0.5, 0.6) is 0 Å². The van der Waals surface area contributed by atoms with Crippen LogP contribution in [-0.2, 0) is 0 Å². The van der Waals surface area contributed by atoms with E-state index < -0.39 is 0 Å². The lowest BCUT2D eigenvalue weighted by atomic mass is 9.83. The van der Waals surface area contributed by atoms with E-state index in [-0.39, 0.29) is 0 Å². The molecule has 0 heterocycles. The third-order valence-electron chi connectivity index (χ3n) is 3.76. The highest BCUT2D eigenvalue weighted by atomic mass is 14.5. The summed E-state index contributed by atoms with van der Waals surface area (Å²) in [6, 6.07) is 0. The lowest BCUT2D eigenvalue weighted by molar-refractivity contribution is 0.522. The molecule has 0 aromatic carbocycles. The Labute approximate surface area is 73.7 Å². The predicted molar refractivity (Wildman–Crippen MR) is 50.7 cm³/mol. The van der Waals surface area contributed by atoms with E-state index in [9.17, 15) is 0 Å². The van der Waals surface area contributed by atoms with Gasteiger partial charge in [-0.1, -0.05) is 18.2 Å². The number of allylic oxidation sites excluding steroid dienone is 5. The quantitative estimate of drug-likeness (QED) is 0.514. The van der Waals surface area contributed by atoms with Gasteiger partial charge in [0.1, 0.15) is 0 Å². The summed E-state index contributed by atoms with van der Waals surface area (Å²) in [4.78, 5) is 0. The first-order valence-corrected chi connectivity index (χ1v) is 4.93. The van der Waals surface area contributed by atoms with E-state index in [0.717, 1.165) is 17.8 Å². The van der Waals surface area contributed by atoms with Gasteiger partial charge in [-0.25, -0.2) is 0 Å². The van der Waals surface area contributed by atoms with Gasteiger partial charge in [0.15, 0.2) is 0 Å². The fourth-order valence-electron chi connectivity index (χ4n) is 3.26. The van der Waals surface area contributed by atoms with Crippen molar-refractivity contribution in [3.05, 3.63) is 36.0 Å². The summed E-state index contributed by atoms with van der Waals surface area (Å²) in [7, 11) is 0.